The zero-order valence-electron chi connectivity index (χ0n) is 12.6. The maximum Gasteiger partial charge on any atom is 0.283 e. The second kappa shape index (κ2) is 5.87. The van der Waals surface area contributed by atoms with Crippen molar-refractivity contribution in [2.75, 3.05) is 6.61 Å². The van der Waals surface area contributed by atoms with Crippen molar-refractivity contribution in [1.82, 2.24) is 10.9 Å². The molecule has 2 amide bonds. The third kappa shape index (κ3) is 2.86. The highest BCUT2D eigenvalue weighted by molar-refractivity contribution is 5.87. The molecule has 1 heterocycles. The van der Waals surface area contributed by atoms with Crippen molar-refractivity contribution >= 4 is 11.8 Å². The maximum absolute atomic E-state index is 12.2. The van der Waals surface area contributed by atoms with Gasteiger partial charge in [0.25, 0.3) is 5.91 Å². The molecule has 2 aliphatic rings. The number of hydrazine groups is 1. The van der Waals surface area contributed by atoms with Gasteiger partial charge in [0.05, 0.1) is 0 Å². The number of amides is 2. The monoisotopic (exact) mass is 304 g/mol. The summed E-state index contributed by atoms with van der Waals surface area (Å²) in [6.45, 7) is 2.05. The predicted molar refractivity (Wildman–Crippen MR) is 79.2 cm³/mol. The van der Waals surface area contributed by atoms with Gasteiger partial charge in [0.2, 0.25) is 12.0 Å². The second-order valence-electron chi connectivity index (χ2n) is 6.08. The molecule has 0 aromatic heterocycles. The fraction of sp³-hybridized carbons (Fsp3) is 0.500. The Kier molecular flexibility index (Phi) is 3.92. The highest BCUT2D eigenvalue weighted by Crippen LogP contribution is 2.37. The van der Waals surface area contributed by atoms with Gasteiger partial charge < -0.3 is 9.47 Å². The Balaban J connectivity index is 1.54. The van der Waals surface area contributed by atoms with Gasteiger partial charge in [-0.2, -0.15) is 0 Å². The van der Waals surface area contributed by atoms with Crippen molar-refractivity contribution < 1.29 is 19.1 Å². The second-order valence-corrected chi connectivity index (χ2v) is 6.08. The van der Waals surface area contributed by atoms with Gasteiger partial charge in [-0.15, -0.1) is 0 Å². The SMILES string of the molecule is CC1(C(=O)NNC(=O)C2COc3ccccc3O2)CCCC1. The first-order chi connectivity index (χ1) is 10.6. The molecule has 0 spiro atoms. The van der Waals surface area contributed by atoms with E-state index in [2.05, 4.69) is 10.9 Å². The lowest BCUT2D eigenvalue weighted by atomic mass is 9.88. The number of ether oxygens (including phenoxy) is 2. The van der Waals surface area contributed by atoms with Crippen molar-refractivity contribution in [2.45, 2.75) is 38.7 Å². The summed E-state index contributed by atoms with van der Waals surface area (Å²) in [6, 6.07) is 7.18. The van der Waals surface area contributed by atoms with Crippen molar-refractivity contribution in [3.05, 3.63) is 24.3 Å². The zero-order valence-corrected chi connectivity index (χ0v) is 12.6. The van der Waals surface area contributed by atoms with Crippen LogP contribution in [0.1, 0.15) is 32.6 Å². The zero-order chi connectivity index (χ0) is 15.6. The Labute approximate surface area is 129 Å². The molecule has 1 atom stereocenters. The van der Waals surface area contributed by atoms with Crippen LogP contribution in [-0.2, 0) is 9.59 Å². The van der Waals surface area contributed by atoms with Crippen LogP contribution in [0, 0.1) is 5.41 Å². The lowest BCUT2D eigenvalue weighted by Crippen LogP contribution is -2.53. The Hall–Kier alpha value is -2.24. The van der Waals surface area contributed by atoms with Crippen molar-refractivity contribution in [3.63, 3.8) is 0 Å². The summed E-state index contributed by atoms with van der Waals surface area (Å²) < 4.78 is 11.1. The molecule has 1 saturated carbocycles. The predicted octanol–water partition coefficient (Wildman–Crippen LogP) is 1.55. The van der Waals surface area contributed by atoms with E-state index in [9.17, 15) is 9.59 Å². The Morgan fingerprint density at radius 2 is 1.82 bits per heavy atom. The summed E-state index contributed by atoms with van der Waals surface area (Å²) in [6.07, 6.45) is 3.03. The van der Waals surface area contributed by atoms with Gasteiger partial charge in [-0.1, -0.05) is 31.9 Å². The highest BCUT2D eigenvalue weighted by Gasteiger charge is 2.37. The lowest BCUT2D eigenvalue weighted by Gasteiger charge is -2.27. The summed E-state index contributed by atoms with van der Waals surface area (Å²) in [5, 5.41) is 0. The van der Waals surface area contributed by atoms with Gasteiger partial charge in [0, 0.05) is 5.41 Å². The highest BCUT2D eigenvalue weighted by atomic mass is 16.6. The Bertz CT molecular complexity index is 581. The van der Waals surface area contributed by atoms with Gasteiger partial charge in [0.15, 0.2) is 11.5 Å². The topological polar surface area (TPSA) is 76.7 Å². The number of hydrogen-bond donors (Lipinski definition) is 2. The summed E-state index contributed by atoms with van der Waals surface area (Å²) in [5.41, 5.74) is 4.57. The minimum absolute atomic E-state index is 0.121. The third-order valence-electron chi connectivity index (χ3n) is 4.36. The number of fused-ring (bicyclic) bond motifs is 1. The summed E-state index contributed by atoms with van der Waals surface area (Å²) >= 11 is 0. The van der Waals surface area contributed by atoms with Crippen LogP contribution in [0.15, 0.2) is 24.3 Å². The average molecular weight is 304 g/mol. The van der Waals surface area contributed by atoms with Crippen LogP contribution in [0.3, 0.4) is 0 Å². The molecule has 0 radical (unpaired) electrons. The van der Waals surface area contributed by atoms with Crippen LogP contribution < -0.4 is 20.3 Å². The molecule has 0 saturated heterocycles. The van der Waals surface area contributed by atoms with Gasteiger partial charge in [-0.25, -0.2) is 0 Å². The molecule has 1 aromatic carbocycles. The minimum Gasteiger partial charge on any atom is -0.485 e. The smallest absolute Gasteiger partial charge is 0.283 e. The normalized spacial score (nSPS) is 22.0. The standard InChI is InChI=1S/C16H20N2O4/c1-16(8-4-5-9-16)15(20)18-17-14(19)13-10-21-11-6-2-3-7-12(11)22-13/h2-3,6-7,13H,4-5,8-10H2,1H3,(H,17,19)(H,18,20). The number of nitrogens with one attached hydrogen (secondary N) is 2. The molecule has 1 aliphatic carbocycles. The van der Waals surface area contributed by atoms with E-state index in [1.807, 2.05) is 19.1 Å². The van der Waals surface area contributed by atoms with E-state index < -0.39 is 12.0 Å². The van der Waals surface area contributed by atoms with Crippen LogP contribution in [0.5, 0.6) is 11.5 Å². The third-order valence-corrected chi connectivity index (χ3v) is 4.36. The molecule has 2 N–H and O–H groups in total. The summed E-state index contributed by atoms with van der Waals surface area (Å²) in [7, 11) is 0. The van der Waals surface area contributed by atoms with Gasteiger partial charge >= 0.3 is 0 Å². The fourth-order valence-electron chi connectivity index (χ4n) is 2.88. The first kappa shape index (κ1) is 14.7. The van der Waals surface area contributed by atoms with E-state index in [4.69, 9.17) is 9.47 Å². The summed E-state index contributed by atoms with van der Waals surface area (Å²) in [5.74, 6) is 0.594. The molecule has 1 aliphatic heterocycles. The molecule has 1 fully saturated rings. The minimum atomic E-state index is -0.772. The quantitative estimate of drug-likeness (QED) is 0.813. The molecular weight excluding hydrogens is 284 g/mol. The van der Waals surface area contributed by atoms with E-state index in [1.165, 1.54) is 0 Å². The first-order valence-electron chi connectivity index (χ1n) is 7.57. The number of para-hydroxylation sites is 2. The molecule has 118 valence electrons. The molecular formula is C16H20N2O4. The average Bonchev–Trinajstić information content (AvgIpc) is 2.99. The van der Waals surface area contributed by atoms with Crippen molar-refractivity contribution in [1.29, 1.82) is 0 Å². The number of rotatable bonds is 2. The molecule has 1 unspecified atom stereocenters. The number of carbonyl (C=O) groups is 2. The van der Waals surface area contributed by atoms with Crippen LogP contribution in [-0.4, -0.2) is 24.5 Å². The molecule has 6 heteroatoms. The van der Waals surface area contributed by atoms with E-state index in [-0.39, 0.29) is 17.9 Å². The molecule has 6 nitrogen and oxygen atoms in total. The Morgan fingerprint density at radius 3 is 2.55 bits per heavy atom. The Morgan fingerprint density at radius 1 is 1.14 bits per heavy atom. The van der Waals surface area contributed by atoms with E-state index >= 15 is 0 Å². The van der Waals surface area contributed by atoms with Crippen molar-refractivity contribution in [2.24, 2.45) is 5.41 Å². The number of hydrogen-bond acceptors (Lipinski definition) is 4. The lowest BCUT2D eigenvalue weighted by molar-refractivity contribution is -0.138. The largest absolute Gasteiger partial charge is 0.485 e. The van der Waals surface area contributed by atoms with Crippen molar-refractivity contribution in [3.8, 4) is 11.5 Å². The van der Waals surface area contributed by atoms with E-state index in [0.29, 0.717) is 11.5 Å². The summed E-state index contributed by atoms with van der Waals surface area (Å²) in [4.78, 5) is 24.3. The molecule has 0 bridgehead atoms. The van der Waals surface area contributed by atoms with Gasteiger partial charge in [0.1, 0.15) is 6.61 Å². The van der Waals surface area contributed by atoms with Gasteiger partial charge in [-0.05, 0) is 25.0 Å². The first-order valence-corrected chi connectivity index (χ1v) is 7.57. The maximum atomic E-state index is 12.2. The number of carbonyl (C=O) groups excluding carboxylic acids is 2. The molecule has 22 heavy (non-hydrogen) atoms. The molecule has 3 rings (SSSR count). The van der Waals surface area contributed by atoms with Crippen LogP contribution in [0.4, 0.5) is 0 Å². The number of benzene rings is 1. The van der Waals surface area contributed by atoms with Crippen LogP contribution >= 0.6 is 0 Å². The van der Waals surface area contributed by atoms with Crippen LogP contribution in [0.2, 0.25) is 0 Å². The van der Waals surface area contributed by atoms with Gasteiger partial charge in [-0.3, -0.25) is 20.4 Å². The van der Waals surface area contributed by atoms with Crippen LogP contribution in [0.25, 0.3) is 0 Å². The fourth-order valence-corrected chi connectivity index (χ4v) is 2.88. The molecule has 1 aromatic rings. The van der Waals surface area contributed by atoms with E-state index in [1.54, 1.807) is 12.1 Å². The van der Waals surface area contributed by atoms with E-state index in [0.717, 1.165) is 25.7 Å².